The normalized spacial score (nSPS) is 12.7. The van der Waals surface area contributed by atoms with Gasteiger partial charge in [-0.3, -0.25) is 4.79 Å². The van der Waals surface area contributed by atoms with Gasteiger partial charge >= 0.3 is 0 Å². The van der Waals surface area contributed by atoms with E-state index in [4.69, 9.17) is 14.7 Å². The molecular weight excluding hydrogens is 350 g/mol. The van der Waals surface area contributed by atoms with Crippen LogP contribution in [0.1, 0.15) is 25.0 Å². The number of quaternary nitrogens is 1. The number of nitrogens with zero attached hydrogens (tertiary/aromatic N) is 1. The van der Waals surface area contributed by atoms with E-state index in [-0.39, 0.29) is 11.9 Å². The molecule has 2 N–H and O–H groups in total. The number of nitriles is 1. The van der Waals surface area contributed by atoms with Crippen LogP contribution >= 0.6 is 11.3 Å². The van der Waals surface area contributed by atoms with Crippen molar-refractivity contribution in [3.05, 3.63) is 40.8 Å². The van der Waals surface area contributed by atoms with Crippen molar-refractivity contribution < 1.29 is 19.2 Å². The van der Waals surface area contributed by atoms with Crippen molar-refractivity contribution in [3.8, 4) is 17.6 Å². The summed E-state index contributed by atoms with van der Waals surface area (Å²) in [5.74, 6) is 1.29. The Bertz CT molecular complexity index is 798. The SMILES string of the molecule is CCOc1ccc(C[NH+](C)[C@@H](C)C(=O)Nc2sccc2C#N)cc1OC. The van der Waals surface area contributed by atoms with Gasteiger partial charge in [-0.15, -0.1) is 11.3 Å². The summed E-state index contributed by atoms with van der Waals surface area (Å²) in [6.07, 6.45) is 0. The highest BCUT2D eigenvalue weighted by molar-refractivity contribution is 7.14. The van der Waals surface area contributed by atoms with Crippen molar-refractivity contribution in [1.29, 1.82) is 5.26 Å². The van der Waals surface area contributed by atoms with E-state index in [1.165, 1.54) is 11.3 Å². The molecule has 0 aliphatic heterocycles. The third-order valence-electron chi connectivity index (χ3n) is 4.17. The number of amides is 1. The van der Waals surface area contributed by atoms with Crippen LogP contribution in [0.15, 0.2) is 29.6 Å². The summed E-state index contributed by atoms with van der Waals surface area (Å²) in [7, 11) is 3.58. The number of methoxy groups -OCH3 is 1. The number of ether oxygens (including phenoxy) is 2. The molecule has 0 aliphatic carbocycles. The quantitative estimate of drug-likeness (QED) is 0.742. The summed E-state index contributed by atoms with van der Waals surface area (Å²) in [6.45, 7) is 5.03. The zero-order valence-electron chi connectivity index (χ0n) is 15.5. The van der Waals surface area contributed by atoms with Gasteiger partial charge in [-0.25, -0.2) is 0 Å². The second kappa shape index (κ2) is 9.22. The molecule has 1 amide bonds. The smallest absolute Gasteiger partial charge is 0.283 e. The lowest BCUT2D eigenvalue weighted by Crippen LogP contribution is -3.12. The fourth-order valence-electron chi connectivity index (χ4n) is 2.51. The monoisotopic (exact) mass is 374 g/mol. The first-order valence-corrected chi connectivity index (χ1v) is 9.28. The molecule has 0 spiro atoms. The number of anilines is 1. The van der Waals surface area contributed by atoms with E-state index in [1.54, 1.807) is 18.6 Å². The van der Waals surface area contributed by atoms with Gasteiger partial charge in [0.25, 0.3) is 5.91 Å². The standard InChI is InChI=1S/C19H23N3O3S/c1-5-25-16-7-6-14(10-17(16)24-4)12-22(3)13(2)18(23)21-19-15(11-20)8-9-26-19/h6-10,13H,5,12H2,1-4H3,(H,21,23)/p+1/t13-/m0/s1. The van der Waals surface area contributed by atoms with Crippen LogP contribution in [0.25, 0.3) is 0 Å². The lowest BCUT2D eigenvalue weighted by Gasteiger charge is -2.21. The molecule has 0 saturated carbocycles. The number of carbonyl (C=O) groups is 1. The number of hydrogen-bond acceptors (Lipinski definition) is 5. The first-order chi connectivity index (χ1) is 12.5. The Morgan fingerprint density at radius 1 is 1.38 bits per heavy atom. The van der Waals surface area contributed by atoms with E-state index >= 15 is 0 Å². The minimum Gasteiger partial charge on any atom is -0.493 e. The molecule has 0 bridgehead atoms. The lowest BCUT2D eigenvalue weighted by atomic mass is 10.1. The van der Waals surface area contributed by atoms with E-state index in [2.05, 4.69) is 11.4 Å². The molecule has 0 fully saturated rings. The fraction of sp³-hybridized carbons (Fsp3) is 0.368. The van der Waals surface area contributed by atoms with Crippen LogP contribution in [0.5, 0.6) is 11.5 Å². The number of benzene rings is 1. The van der Waals surface area contributed by atoms with Gasteiger partial charge in [0.05, 0.1) is 26.3 Å². The molecule has 0 aliphatic rings. The molecule has 1 aromatic heterocycles. The number of nitrogens with one attached hydrogen (secondary N) is 2. The maximum Gasteiger partial charge on any atom is 0.283 e. The van der Waals surface area contributed by atoms with Gasteiger partial charge in [-0.05, 0) is 43.5 Å². The van der Waals surface area contributed by atoms with Crippen LogP contribution in [0.2, 0.25) is 0 Å². The summed E-state index contributed by atoms with van der Waals surface area (Å²) >= 11 is 1.35. The predicted molar refractivity (Wildman–Crippen MR) is 102 cm³/mol. The summed E-state index contributed by atoms with van der Waals surface area (Å²) < 4.78 is 10.9. The third kappa shape index (κ3) is 4.75. The summed E-state index contributed by atoms with van der Waals surface area (Å²) in [4.78, 5) is 13.5. The highest BCUT2D eigenvalue weighted by atomic mass is 32.1. The maximum atomic E-state index is 12.5. The Labute approximate surface area is 158 Å². The van der Waals surface area contributed by atoms with Gasteiger partial charge in [0, 0.05) is 5.56 Å². The number of rotatable bonds is 8. The molecule has 1 unspecified atom stereocenters. The van der Waals surface area contributed by atoms with Crippen molar-refractivity contribution in [1.82, 2.24) is 0 Å². The first-order valence-electron chi connectivity index (χ1n) is 8.40. The number of carbonyl (C=O) groups excluding carboxylic acids is 1. The highest BCUT2D eigenvalue weighted by Gasteiger charge is 2.23. The Morgan fingerprint density at radius 3 is 2.81 bits per heavy atom. The van der Waals surface area contributed by atoms with Crippen molar-refractivity contribution in [2.75, 3.05) is 26.1 Å². The Balaban J connectivity index is 2.03. The van der Waals surface area contributed by atoms with Crippen LogP contribution in [-0.2, 0) is 11.3 Å². The van der Waals surface area contributed by atoms with E-state index in [9.17, 15) is 4.79 Å². The first kappa shape index (κ1) is 19.8. The number of hydrogen-bond donors (Lipinski definition) is 2. The Kier molecular flexibility index (Phi) is 7.01. The van der Waals surface area contributed by atoms with Crippen LogP contribution in [0, 0.1) is 11.3 Å². The van der Waals surface area contributed by atoms with Gasteiger partial charge in [0.1, 0.15) is 17.6 Å². The Morgan fingerprint density at radius 2 is 2.15 bits per heavy atom. The van der Waals surface area contributed by atoms with Crippen molar-refractivity contribution in [2.24, 2.45) is 0 Å². The molecule has 0 saturated heterocycles. The summed E-state index contributed by atoms with van der Waals surface area (Å²) in [5, 5.41) is 14.3. The minimum absolute atomic E-state index is 0.112. The average Bonchev–Trinajstić information content (AvgIpc) is 3.09. The zero-order valence-corrected chi connectivity index (χ0v) is 16.3. The second-order valence-electron chi connectivity index (χ2n) is 5.93. The van der Waals surface area contributed by atoms with Gasteiger partial charge < -0.3 is 19.7 Å². The molecule has 7 heteroatoms. The molecule has 26 heavy (non-hydrogen) atoms. The topological polar surface area (TPSA) is 75.8 Å². The average molecular weight is 374 g/mol. The molecular formula is C19H24N3O3S+. The molecule has 6 nitrogen and oxygen atoms in total. The van der Waals surface area contributed by atoms with E-state index in [1.807, 2.05) is 39.1 Å². The van der Waals surface area contributed by atoms with Crippen molar-refractivity contribution in [3.63, 3.8) is 0 Å². The molecule has 2 atom stereocenters. The third-order valence-corrected chi connectivity index (χ3v) is 5.00. The lowest BCUT2D eigenvalue weighted by molar-refractivity contribution is -0.907. The Hall–Kier alpha value is -2.56. The zero-order chi connectivity index (χ0) is 19.1. The van der Waals surface area contributed by atoms with Crippen LogP contribution in [-0.4, -0.2) is 32.7 Å². The summed E-state index contributed by atoms with van der Waals surface area (Å²) in [5.41, 5.74) is 1.54. The molecule has 2 aromatic rings. The van der Waals surface area contributed by atoms with Gasteiger partial charge in [-0.1, -0.05) is 0 Å². The molecule has 1 heterocycles. The maximum absolute atomic E-state index is 12.5. The van der Waals surface area contributed by atoms with Gasteiger partial charge in [0.2, 0.25) is 0 Å². The molecule has 138 valence electrons. The second-order valence-corrected chi connectivity index (χ2v) is 6.84. The van der Waals surface area contributed by atoms with E-state index in [0.717, 1.165) is 10.5 Å². The van der Waals surface area contributed by atoms with Gasteiger partial charge in [-0.2, -0.15) is 5.26 Å². The van der Waals surface area contributed by atoms with E-state index in [0.29, 0.717) is 35.2 Å². The minimum atomic E-state index is -0.277. The van der Waals surface area contributed by atoms with Crippen LogP contribution in [0.4, 0.5) is 5.00 Å². The number of likely N-dealkylation sites (N-methyl/N-ethyl adjacent to an activating group) is 1. The van der Waals surface area contributed by atoms with Crippen LogP contribution < -0.4 is 19.7 Å². The van der Waals surface area contributed by atoms with E-state index < -0.39 is 0 Å². The molecule has 0 radical (unpaired) electrons. The number of thiophene rings is 1. The van der Waals surface area contributed by atoms with Gasteiger partial charge in [0.15, 0.2) is 17.5 Å². The highest BCUT2D eigenvalue weighted by Crippen LogP contribution is 2.27. The summed E-state index contributed by atoms with van der Waals surface area (Å²) in [6, 6.07) is 9.31. The fourth-order valence-corrected chi connectivity index (χ4v) is 3.25. The van der Waals surface area contributed by atoms with Crippen molar-refractivity contribution >= 4 is 22.2 Å². The largest absolute Gasteiger partial charge is 0.493 e. The molecule has 1 aromatic carbocycles. The predicted octanol–water partition coefficient (Wildman–Crippen LogP) is 2.07. The van der Waals surface area contributed by atoms with Crippen LogP contribution in [0.3, 0.4) is 0 Å². The van der Waals surface area contributed by atoms with Crippen molar-refractivity contribution in [2.45, 2.75) is 26.4 Å². The molecule has 2 rings (SSSR count).